The lowest BCUT2D eigenvalue weighted by molar-refractivity contribution is -0.147. The maximum atomic E-state index is 11.0. The van der Waals surface area contributed by atoms with Crippen LogP contribution in [0, 0.1) is 0 Å². The largest absolute Gasteiger partial charge is 0.467 e. The molecule has 4 N–H and O–H groups in total. The molecule has 0 aromatic heterocycles. The normalized spacial score (nSPS) is 11.3. The third kappa shape index (κ3) is 3.69. The Morgan fingerprint density at radius 2 is 2.00 bits per heavy atom. The number of nitrogens with two attached hydrogens (primary N) is 2. The molecule has 72 valence electrons. The van der Waals surface area contributed by atoms with E-state index in [2.05, 4.69) is 11.7 Å². The SMILES string of the molecule is CCCCCC(N)(N)C(=O)OC. The molecule has 0 radical (unpaired) electrons. The molecule has 4 heteroatoms. The Kier molecular flexibility index (Phi) is 4.85. The fourth-order valence-corrected chi connectivity index (χ4v) is 0.960. The fraction of sp³-hybridized carbons (Fsp3) is 0.875. The van der Waals surface area contributed by atoms with Gasteiger partial charge < -0.3 is 16.2 Å². The average Bonchev–Trinajstić information content (AvgIpc) is 2.03. The first-order valence-corrected chi connectivity index (χ1v) is 4.20. The van der Waals surface area contributed by atoms with Crippen LogP contribution in [0.15, 0.2) is 0 Å². The van der Waals surface area contributed by atoms with Crippen LogP contribution in [0.2, 0.25) is 0 Å². The van der Waals surface area contributed by atoms with E-state index >= 15 is 0 Å². The van der Waals surface area contributed by atoms with E-state index in [1.165, 1.54) is 7.11 Å². The predicted octanol–water partition coefficient (Wildman–Crippen LogP) is 0.353. The van der Waals surface area contributed by atoms with Gasteiger partial charge in [0.15, 0.2) is 5.66 Å². The zero-order valence-corrected chi connectivity index (χ0v) is 7.80. The summed E-state index contributed by atoms with van der Waals surface area (Å²) in [6, 6.07) is 0. The van der Waals surface area contributed by atoms with Crippen molar-refractivity contribution in [1.82, 2.24) is 0 Å². The summed E-state index contributed by atoms with van der Waals surface area (Å²) in [6.45, 7) is 2.08. The molecule has 0 bridgehead atoms. The Bertz CT molecular complexity index is 146. The van der Waals surface area contributed by atoms with Crippen molar-refractivity contribution in [2.24, 2.45) is 11.5 Å². The van der Waals surface area contributed by atoms with Gasteiger partial charge in [-0.1, -0.05) is 19.8 Å². The lowest BCUT2D eigenvalue weighted by Gasteiger charge is -2.20. The first kappa shape index (κ1) is 11.4. The quantitative estimate of drug-likeness (QED) is 0.358. The van der Waals surface area contributed by atoms with Gasteiger partial charge in [-0.25, -0.2) is 4.79 Å². The summed E-state index contributed by atoms with van der Waals surface area (Å²) in [6.07, 6.45) is 3.45. The van der Waals surface area contributed by atoms with E-state index in [-0.39, 0.29) is 0 Å². The van der Waals surface area contributed by atoms with Crippen molar-refractivity contribution < 1.29 is 9.53 Å². The summed E-state index contributed by atoms with van der Waals surface area (Å²) in [4.78, 5) is 11.0. The number of hydrogen-bond acceptors (Lipinski definition) is 4. The lowest BCUT2D eigenvalue weighted by atomic mass is 10.0. The number of hydrogen-bond donors (Lipinski definition) is 2. The Balaban J connectivity index is 3.78. The Hall–Kier alpha value is -0.610. The summed E-state index contributed by atoms with van der Waals surface area (Å²) >= 11 is 0. The molecule has 0 aliphatic carbocycles. The average molecular weight is 174 g/mol. The number of unbranched alkanes of at least 4 members (excludes halogenated alkanes) is 2. The van der Waals surface area contributed by atoms with Gasteiger partial charge in [-0.2, -0.15) is 0 Å². The third-order valence-corrected chi connectivity index (χ3v) is 1.76. The Morgan fingerprint density at radius 3 is 2.42 bits per heavy atom. The van der Waals surface area contributed by atoms with Crippen LogP contribution in [-0.4, -0.2) is 18.7 Å². The van der Waals surface area contributed by atoms with Crippen LogP contribution in [0.5, 0.6) is 0 Å². The highest BCUT2D eigenvalue weighted by molar-refractivity contribution is 5.79. The number of methoxy groups -OCH3 is 1. The van der Waals surface area contributed by atoms with Crippen molar-refractivity contribution in [3.8, 4) is 0 Å². The zero-order valence-electron chi connectivity index (χ0n) is 7.80. The molecule has 0 unspecified atom stereocenters. The number of ether oxygens (including phenoxy) is 1. The number of carbonyl (C=O) groups excluding carboxylic acids is 1. The van der Waals surface area contributed by atoms with E-state index in [0.717, 1.165) is 19.3 Å². The number of carbonyl (C=O) groups is 1. The summed E-state index contributed by atoms with van der Waals surface area (Å²) in [5, 5.41) is 0. The molecular formula is C8H18N2O2. The lowest BCUT2D eigenvalue weighted by Crippen LogP contribution is -2.56. The highest BCUT2D eigenvalue weighted by Crippen LogP contribution is 2.08. The number of rotatable bonds is 5. The molecule has 0 fully saturated rings. The van der Waals surface area contributed by atoms with Crippen LogP contribution in [0.4, 0.5) is 0 Å². The van der Waals surface area contributed by atoms with Crippen LogP contribution in [-0.2, 0) is 9.53 Å². The number of esters is 1. The molecule has 0 aromatic carbocycles. The molecule has 0 rings (SSSR count). The molecule has 0 aromatic rings. The van der Waals surface area contributed by atoms with Crippen molar-refractivity contribution in [1.29, 1.82) is 0 Å². The van der Waals surface area contributed by atoms with Gasteiger partial charge in [0.2, 0.25) is 0 Å². The fourth-order valence-electron chi connectivity index (χ4n) is 0.960. The molecule has 0 aliphatic heterocycles. The maximum Gasteiger partial charge on any atom is 0.340 e. The van der Waals surface area contributed by atoms with Gasteiger partial charge in [0.25, 0.3) is 0 Å². The van der Waals surface area contributed by atoms with Crippen LogP contribution in [0.3, 0.4) is 0 Å². The minimum absolute atomic E-state index is 0.480. The molecule has 0 spiro atoms. The summed E-state index contributed by atoms with van der Waals surface area (Å²) in [7, 11) is 1.29. The van der Waals surface area contributed by atoms with Gasteiger partial charge >= 0.3 is 5.97 Å². The minimum Gasteiger partial charge on any atom is -0.467 e. The van der Waals surface area contributed by atoms with E-state index < -0.39 is 11.6 Å². The topological polar surface area (TPSA) is 78.3 Å². The van der Waals surface area contributed by atoms with Crippen molar-refractivity contribution >= 4 is 5.97 Å². The highest BCUT2D eigenvalue weighted by Gasteiger charge is 2.29. The van der Waals surface area contributed by atoms with Crippen molar-refractivity contribution in [2.75, 3.05) is 7.11 Å². The van der Waals surface area contributed by atoms with Crippen molar-refractivity contribution in [3.05, 3.63) is 0 Å². The summed E-state index contributed by atoms with van der Waals surface area (Å²) in [5.41, 5.74) is 9.73. The van der Waals surface area contributed by atoms with Crippen LogP contribution < -0.4 is 11.5 Å². The molecule has 0 saturated carbocycles. The van der Waals surface area contributed by atoms with Crippen molar-refractivity contribution in [2.45, 2.75) is 38.3 Å². The molecule has 0 atom stereocenters. The molecule has 0 heterocycles. The van der Waals surface area contributed by atoms with Gasteiger partial charge in [0, 0.05) is 0 Å². The predicted molar refractivity (Wildman–Crippen MR) is 47.3 cm³/mol. The maximum absolute atomic E-state index is 11.0. The molecule has 0 saturated heterocycles. The first-order chi connectivity index (χ1) is 5.54. The van der Waals surface area contributed by atoms with E-state index in [4.69, 9.17) is 11.5 Å². The summed E-state index contributed by atoms with van der Waals surface area (Å²) in [5.74, 6) is -0.543. The molecule has 0 amide bonds. The van der Waals surface area contributed by atoms with Crippen LogP contribution >= 0.6 is 0 Å². The van der Waals surface area contributed by atoms with E-state index in [0.29, 0.717) is 6.42 Å². The Morgan fingerprint density at radius 1 is 1.42 bits per heavy atom. The second kappa shape index (κ2) is 5.11. The molecule has 4 nitrogen and oxygen atoms in total. The highest BCUT2D eigenvalue weighted by atomic mass is 16.5. The summed E-state index contributed by atoms with van der Waals surface area (Å²) < 4.78 is 4.46. The smallest absolute Gasteiger partial charge is 0.340 e. The molecule has 12 heavy (non-hydrogen) atoms. The zero-order chi connectivity index (χ0) is 9.61. The van der Waals surface area contributed by atoms with Gasteiger partial charge in [-0.3, -0.25) is 0 Å². The van der Waals surface area contributed by atoms with Gasteiger partial charge in [0.1, 0.15) is 0 Å². The van der Waals surface area contributed by atoms with E-state index in [9.17, 15) is 4.79 Å². The monoisotopic (exact) mass is 174 g/mol. The van der Waals surface area contributed by atoms with Gasteiger partial charge in [-0.05, 0) is 12.8 Å². The Labute approximate surface area is 73.2 Å². The molecule has 0 aliphatic rings. The first-order valence-electron chi connectivity index (χ1n) is 4.20. The minimum atomic E-state index is -1.30. The van der Waals surface area contributed by atoms with E-state index in [1.807, 2.05) is 0 Å². The van der Waals surface area contributed by atoms with Gasteiger partial charge in [0.05, 0.1) is 7.11 Å². The second-order valence-electron chi connectivity index (χ2n) is 2.99. The second-order valence-corrected chi connectivity index (χ2v) is 2.99. The molecular weight excluding hydrogens is 156 g/mol. The van der Waals surface area contributed by atoms with Gasteiger partial charge in [-0.15, -0.1) is 0 Å². The third-order valence-electron chi connectivity index (χ3n) is 1.76. The van der Waals surface area contributed by atoms with Crippen LogP contribution in [0.1, 0.15) is 32.6 Å². The van der Waals surface area contributed by atoms with E-state index in [1.54, 1.807) is 0 Å². The standard InChI is InChI=1S/C8H18N2O2/c1-3-4-5-6-8(9,10)7(11)12-2/h3-6,9-10H2,1-2H3. The van der Waals surface area contributed by atoms with Crippen molar-refractivity contribution in [3.63, 3.8) is 0 Å². The van der Waals surface area contributed by atoms with Crippen LogP contribution in [0.25, 0.3) is 0 Å².